The van der Waals surface area contributed by atoms with Crippen molar-refractivity contribution < 1.29 is 24.5 Å². The van der Waals surface area contributed by atoms with E-state index in [9.17, 15) is 9.90 Å². The summed E-state index contributed by atoms with van der Waals surface area (Å²) < 4.78 is 12.1. The van der Waals surface area contributed by atoms with Crippen LogP contribution in [0.3, 0.4) is 0 Å². The van der Waals surface area contributed by atoms with Crippen molar-refractivity contribution in [3.63, 3.8) is 0 Å². The first-order valence-corrected chi connectivity index (χ1v) is 10.3. The van der Waals surface area contributed by atoms with Gasteiger partial charge in [-0.25, -0.2) is 0 Å². The number of carbonyl (C=O) groups is 1. The third kappa shape index (κ3) is 6.30. The molecule has 0 spiro atoms. The van der Waals surface area contributed by atoms with E-state index in [2.05, 4.69) is 12.1 Å². The van der Waals surface area contributed by atoms with Crippen LogP contribution < -0.4 is 0 Å². The molecule has 0 bridgehead atoms. The minimum Gasteiger partial charge on any atom is -0.481 e. The molecule has 5 heteroatoms. The van der Waals surface area contributed by atoms with Crippen LogP contribution >= 0.6 is 0 Å². The lowest BCUT2D eigenvalue weighted by molar-refractivity contribution is -0.189. The molecule has 2 fully saturated rings. The number of hydrogen-bond donors (Lipinski definition) is 2. The van der Waals surface area contributed by atoms with Crippen LogP contribution in [0, 0.1) is 11.8 Å². The van der Waals surface area contributed by atoms with Crippen LogP contribution in [0.1, 0.15) is 56.9 Å². The van der Waals surface area contributed by atoms with Crippen molar-refractivity contribution in [3.05, 3.63) is 35.9 Å². The number of carboxylic acid groups (broad SMARTS) is 1. The maximum Gasteiger partial charge on any atom is 0.303 e. The Morgan fingerprint density at radius 1 is 1.19 bits per heavy atom. The molecule has 2 N–H and O–H groups in total. The third-order valence-corrected chi connectivity index (χ3v) is 5.99. The molecular formula is C22H32O5. The van der Waals surface area contributed by atoms with Gasteiger partial charge < -0.3 is 19.7 Å². The number of aliphatic hydroxyl groups excluding tert-OH is 1. The van der Waals surface area contributed by atoms with E-state index in [-0.39, 0.29) is 30.7 Å². The molecule has 1 aliphatic carbocycles. The molecule has 1 heterocycles. The first kappa shape index (κ1) is 20.3. The Hall–Kier alpha value is -1.43. The van der Waals surface area contributed by atoms with E-state index in [1.165, 1.54) is 5.56 Å². The summed E-state index contributed by atoms with van der Waals surface area (Å²) >= 11 is 0. The van der Waals surface area contributed by atoms with Gasteiger partial charge in [-0.1, -0.05) is 30.3 Å². The Kier molecular flexibility index (Phi) is 7.68. The zero-order valence-corrected chi connectivity index (χ0v) is 16.0. The zero-order chi connectivity index (χ0) is 19.1. The van der Waals surface area contributed by atoms with Crippen molar-refractivity contribution in [1.29, 1.82) is 0 Å². The second-order valence-electron chi connectivity index (χ2n) is 7.99. The van der Waals surface area contributed by atoms with Crippen molar-refractivity contribution >= 4 is 5.97 Å². The number of ether oxygens (including phenoxy) is 2. The Balaban J connectivity index is 1.58. The van der Waals surface area contributed by atoms with Gasteiger partial charge in [-0.05, 0) is 68.8 Å². The van der Waals surface area contributed by atoms with Gasteiger partial charge in [-0.3, -0.25) is 4.79 Å². The van der Waals surface area contributed by atoms with Gasteiger partial charge in [0.05, 0.1) is 18.6 Å². The lowest BCUT2D eigenvalue weighted by Crippen LogP contribution is -2.30. The van der Waals surface area contributed by atoms with E-state index in [0.717, 1.165) is 51.6 Å². The van der Waals surface area contributed by atoms with E-state index in [1.807, 2.05) is 18.2 Å². The number of hydrogen-bond acceptors (Lipinski definition) is 4. The summed E-state index contributed by atoms with van der Waals surface area (Å²) in [7, 11) is 0. The summed E-state index contributed by atoms with van der Waals surface area (Å²) in [5.74, 6) is -0.699. The van der Waals surface area contributed by atoms with Gasteiger partial charge in [0.15, 0.2) is 6.29 Å². The minimum absolute atomic E-state index is 0.0544. The molecule has 1 aromatic carbocycles. The van der Waals surface area contributed by atoms with Crippen molar-refractivity contribution in [2.24, 2.45) is 11.8 Å². The summed E-state index contributed by atoms with van der Waals surface area (Å²) in [5.41, 5.74) is 1.24. The fourth-order valence-electron chi connectivity index (χ4n) is 4.52. The predicted octanol–water partition coefficient (Wildman–Crippen LogP) is 3.78. The minimum atomic E-state index is -0.821. The molecule has 2 unspecified atom stereocenters. The third-order valence-electron chi connectivity index (χ3n) is 5.99. The normalized spacial score (nSPS) is 29.5. The van der Waals surface area contributed by atoms with Gasteiger partial charge in [0.1, 0.15) is 0 Å². The van der Waals surface area contributed by atoms with Crippen molar-refractivity contribution in [3.8, 4) is 0 Å². The van der Waals surface area contributed by atoms with Crippen LogP contribution in [0.4, 0.5) is 0 Å². The zero-order valence-electron chi connectivity index (χ0n) is 16.0. The highest BCUT2D eigenvalue weighted by molar-refractivity contribution is 5.67. The molecule has 0 aromatic heterocycles. The smallest absolute Gasteiger partial charge is 0.303 e. The number of rotatable bonds is 9. The average Bonchev–Trinajstić information content (AvgIpc) is 3.01. The highest BCUT2D eigenvalue weighted by Gasteiger charge is 2.36. The number of carboxylic acids is 1. The molecule has 5 atom stereocenters. The SMILES string of the molecule is O=C(O)C[C@@H]1[C@@H](CCC(Cc2ccccc2)OC2CCCCO2)CC[C@@H]1O. The second-order valence-corrected chi connectivity index (χ2v) is 7.99. The van der Waals surface area contributed by atoms with E-state index >= 15 is 0 Å². The number of aliphatic carboxylic acids is 1. The van der Waals surface area contributed by atoms with Gasteiger partial charge in [-0.2, -0.15) is 0 Å². The quantitative estimate of drug-likeness (QED) is 0.686. The van der Waals surface area contributed by atoms with E-state index in [1.54, 1.807) is 0 Å². The van der Waals surface area contributed by atoms with Crippen molar-refractivity contribution in [1.82, 2.24) is 0 Å². The Bertz CT molecular complexity index is 569. The molecule has 27 heavy (non-hydrogen) atoms. The average molecular weight is 376 g/mol. The van der Waals surface area contributed by atoms with Gasteiger partial charge in [0.2, 0.25) is 0 Å². The Morgan fingerprint density at radius 3 is 2.70 bits per heavy atom. The molecule has 2 aliphatic rings. The Labute approximate surface area is 161 Å². The monoisotopic (exact) mass is 376 g/mol. The molecule has 150 valence electrons. The first-order chi connectivity index (χ1) is 13.1. The summed E-state index contributed by atoms with van der Waals surface area (Å²) in [6.45, 7) is 0.762. The fraction of sp³-hybridized carbons (Fsp3) is 0.682. The maximum absolute atomic E-state index is 11.1. The molecule has 5 nitrogen and oxygen atoms in total. The lowest BCUT2D eigenvalue weighted by atomic mass is 9.86. The van der Waals surface area contributed by atoms with Crippen LogP contribution in [-0.4, -0.2) is 41.3 Å². The molecule has 1 aromatic rings. The van der Waals surface area contributed by atoms with Gasteiger partial charge >= 0.3 is 5.97 Å². The summed E-state index contributed by atoms with van der Waals surface area (Å²) in [6, 6.07) is 10.3. The Morgan fingerprint density at radius 2 is 2.00 bits per heavy atom. The first-order valence-electron chi connectivity index (χ1n) is 10.3. The highest BCUT2D eigenvalue weighted by atomic mass is 16.7. The summed E-state index contributed by atoms with van der Waals surface area (Å²) in [4.78, 5) is 11.1. The topological polar surface area (TPSA) is 76.0 Å². The number of benzene rings is 1. The van der Waals surface area contributed by atoms with E-state index in [4.69, 9.17) is 14.6 Å². The molecule has 0 radical (unpaired) electrons. The van der Waals surface area contributed by atoms with Crippen molar-refractivity contribution in [2.45, 2.75) is 76.3 Å². The molecule has 1 aliphatic heterocycles. The molecule has 0 amide bonds. The molecule has 3 rings (SSSR count). The maximum atomic E-state index is 11.1. The van der Waals surface area contributed by atoms with Crippen LogP contribution in [0.25, 0.3) is 0 Å². The van der Waals surface area contributed by atoms with Gasteiger partial charge in [-0.15, -0.1) is 0 Å². The van der Waals surface area contributed by atoms with Crippen LogP contribution in [0.2, 0.25) is 0 Å². The van der Waals surface area contributed by atoms with Crippen LogP contribution in [-0.2, 0) is 20.7 Å². The molecular weight excluding hydrogens is 344 g/mol. The highest BCUT2D eigenvalue weighted by Crippen LogP contribution is 2.38. The van der Waals surface area contributed by atoms with Crippen LogP contribution in [0.5, 0.6) is 0 Å². The van der Waals surface area contributed by atoms with E-state index in [0.29, 0.717) is 6.42 Å². The van der Waals surface area contributed by atoms with Crippen LogP contribution in [0.15, 0.2) is 30.3 Å². The molecule has 1 saturated carbocycles. The summed E-state index contributed by atoms with van der Waals surface area (Å²) in [5, 5.41) is 19.3. The lowest BCUT2D eigenvalue weighted by Gasteiger charge is -2.29. The second kappa shape index (κ2) is 10.2. The van der Waals surface area contributed by atoms with Crippen molar-refractivity contribution in [2.75, 3.05) is 6.61 Å². The van der Waals surface area contributed by atoms with E-state index < -0.39 is 12.1 Å². The fourth-order valence-corrected chi connectivity index (χ4v) is 4.52. The van der Waals surface area contributed by atoms with Gasteiger partial charge in [0.25, 0.3) is 0 Å². The summed E-state index contributed by atoms with van der Waals surface area (Å²) in [6.07, 6.45) is 6.86. The molecule has 1 saturated heterocycles. The standard InChI is InChI=1S/C22H32O5/c23-20-12-10-17(19(20)15-21(24)25)9-11-18(14-16-6-2-1-3-7-16)27-22-8-4-5-13-26-22/h1-3,6-7,17-20,22-23H,4-5,8-15H2,(H,24,25)/t17-,18?,19+,20-,22?/m0/s1. The predicted molar refractivity (Wildman–Crippen MR) is 102 cm³/mol. The number of aliphatic hydroxyl groups is 1. The van der Waals surface area contributed by atoms with Gasteiger partial charge in [0, 0.05) is 6.61 Å². The largest absolute Gasteiger partial charge is 0.481 e.